The standard InChI is InChI=1S/C21H16BrN3O6/c1-12-16(20(27)24(7-2-8-26)21(28)17(12)11-23)10-14-4-6-19(31-14)15-5-3-13(25(29)30)9-18(15)22/h3-6,9-10,26H,2,7-8H2,1H3/b16-10+. The molecule has 9 nitrogen and oxygen atoms in total. The van der Waals surface area contributed by atoms with Crippen LogP contribution < -0.4 is 0 Å². The van der Waals surface area contributed by atoms with E-state index >= 15 is 0 Å². The van der Waals surface area contributed by atoms with Crippen LogP contribution >= 0.6 is 15.9 Å². The molecular weight excluding hydrogens is 470 g/mol. The first kappa shape index (κ1) is 22.1. The van der Waals surface area contributed by atoms with Crippen molar-refractivity contribution in [1.82, 2.24) is 4.90 Å². The van der Waals surface area contributed by atoms with Gasteiger partial charge in [0.2, 0.25) is 0 Å². The fourth-order valence-corrected chi connectivity index (χ4v) is 3.66. The van der Waals surface area contributed by atoms with E-state index in [0.29, 0.717) is 21.6 Å². The zero-order valence-corrected chi connectivity index (χ0v) is 17.9. The van der Waals surface area contributed by atoms with E-state index in [2.05, 4.69) is 15.9 Å². The lowest BCUT2D eigenvalue weighted by atomic mass is 9.94. The number of nitriles is 1. The van der Waals surface area contributed by atoms with Crippen LogP contribution in [0.5, 0.6) is 0 Å². The Morgan fingerprint density at radius 3 is 2.65 bits per heavy atom. The van der Waals surface area contributed by atoms with Crippen molar-refractivity contribution in [1.29, 1.82) is 5.26 Å². The third-order valence-electron chi connectivity index (χ3n) is 4.71. The van der Waals surface area contributed by atoms with E-state index in [1.165, 1.54) is 31.2 Å². The van der Waals surface area contributed by atoms with E-state index < -0.39 is 16.7 Å². The molecule has 0 fully saturated rings. The Morgan fingerprint density at radius 2 is 2.03 bits per heavy atom. The van der Waals surface area contributed by atoms with Gasteiger partial charge in [-0.3, -0.25) is 24.6 Å². The molecule has 1 aromatic heterocycles. The largest absolute Gasteiger partial charge is 0.457 e. The number of hydrogen-bond acceptors (Lipinski definition) is 7. The van der Waals surface area contributed by atoms with Crippen LogP contribution in [0.25, 0.3) is 17.4 Å². The molecule has 1 aliphatic heterocycles. The molecule has 2 aromatic rings. The van der Waals surface area contributed by atoms with E-state index in [1.54, 1.807) is 12.1 Å². The maximum atomic E-state index is 12.8. The molecule has 3 rings (SSSR count). The number of aliphatic hydroxyl groups is 1. The maximum Gasteiger partial charge on any atom is 0.271 e. The summed E-state index contributed by atoms with van der Waals surface area (Å²) in [6, 6.07) is 9.34. The van der Waals surface area contributed by atoms with Gasteiger partial charge in [0, 0.05) is 40.9 Å². The highest BCUT2D eigenvalue weighted by Crippen LogP contribution is 2.34. The van der Waals surface area contributed by atoms with Gasteiger partial charge in [0.15, 0.2) is 0 Å². The second-order valence-electron chi connectivity index (χ2n) is 6.63. The minimum absolute atomic E-state index is 0.0108. The van der Waals surface area contributed by atoms with Crippen molar-refractivity contribution in [3.05, 3.63) is 67.4 Å². The predicted molar refractivity (Wildman–Crippen MR) is 113 cm³/mol. The Hall–Kier alpha value is -3.55. The molecule has 2 heterocycles. The second-order valence-corrected chi connectivity index (χ2v) is 7.49. The quantitative estimate of drug-likeness (QED) is 0.285. The number of nitro groups is 1. The number of nitro benzene ring substituents is 1. The van der Waals surface area contributed by atoms with Gasteiger partial charge in [-0.1, -0.05) is 0 Å². The molecule has 158 valence electrons. The zero-order valence-electron chi connectivity index (χ0n) is 16.3. The number of rotatable bonds is 6. The summed E-state index contributed by atoms with van der Waals surface area (Å²) < 4.78 is 6.25. The molecule has 0 saturated heterocycles. The monoisotopic (exact) mass is 485 g/mol. The Kier molecular flexibility index (Phi) is 6.48. The Labute approximate surface area is 185 Å². The van der Waals surface area contributed by atoms with Gasteiger partial charge in [-0.25, -0.2) is 0 Å². The van der Waals surface area contributed by atoms with E-state index in [1.807, 2.05) is 6.07 Å². The molecule has 2 amide bonds. The van der Waals surface area contributed by atoms with E-state index in [4.69, 9.17) is 9.52 Å². The van der Waals surface area contributed by atoms with Gasteiger partial charge in [-0.15, -0.1) is 0 Å². The topological polar surface area (TPSA) is 138 Å². The first-order chi connectivity index (χ1) is 14.8. The summed E-state index contributed by atoms with van der Waals surface area (Å²) in [4.78, 5) is 36.6. The van der Waals surface area contributed by atoms with Gasteiger partial charge in [-0.2, -0.15) is 5.26 Å². The Bertz CT molecular complexity index is 1190. The van der Waals surface area contributed by atoms with Crippen LogP contribution in [-0.2, 0) is 9.59 Å². The average Bonchev–Trinajstić information content (AvgIpc) is 3.19. The third kappa shape index (κ3) is 4.33. The SMILES string of the molecule is CC1=C(C#N)C(=O)N(CCCO)C(=O)/C1=C/c1ccc(-c2ccc([N+](=O)[O-])cc2Br)o1. The number of carbonyl (C=O) groups is 2. The lowest BCUT2D eigenvalue weighted by molar-refractivity contribution is -0.384. The molecule has 0 unspecified atom stereocenters. The second kappa shape index (κ2) is 9.07. The Balaban J connectivity index is 2.00. The number of aliphatic hydroxyl groups excluding tert-OH is 1. The summed E-state index contributed by atoms with van der Waals surface area (Å²) in [5, 5.41) is 29.3. The zero-order chi connectivity index (χ0) is 22.7. The minimum Gasteiger partial charge on any atom is -0.457 e. The first-order valence-corrected chi connectivity index (χ1v) is 9.92. The van der Waals surface area contributed by atoms with Crippen LogP contribution in [0.4, 0.5) is 5.69 Å². The highest BCUT2D eigenvalue weighted by molar-refractivity contribution is 9.10. The van der Waals surface area contributed by atoms with Crippen molar-refractivity contribution in [3.63, 3.8) is 0 Å². The fraction of sp³-hybridized carbons (Fsp3) is 0.190. The number of imide groups is 1. The van der Waals surface area contributed by atoms with Crippen LogP contribution in [0.1, 0.15) is 19.1 Å². The number of amides is 2. The summed E-state index contributed by atoms with van der Waals surface area (Å²) >= 11 is 3.29. The number of halogens is 1. The van der Waals surface area contributed by atoms with Crippen molar-refractivity contribution < 1.29 is 24.0 Å². The molecule has 0 saturated carbocycles. The van der Waals surface area contributed by atoms with Crippen molar-refractivity contribution in [2.45, 2.75) is 13.3 Å². The minimum atomic E-state index is -0.689. The van der Waals surface area contributed by atoms with Crippen LogP contribution in [-0.4, -0.2) is 39.9 Å². The number of non-ortho nitro benzene ring substituents is 1. The number of hydrogen-bond donors (Lipinski definition) is 1. The summed E-state index contributed by atoms with van der Waals surface area (Å²) in [5.74, 6) is -0.557. The molecule has 1 aromatic carbocycles. The third-order valence-corrected chi connectivity index (χ3v) is 5.36. The number of carbonyl (C=O) groups excluding carboxylic acids is 2. The Morgan fingerprint density at radius 1 is 1.29 bits per heavy atom. The van der Waals surface area contributed by atoms with Crippen LogP contribution in [0.3, 0.4) is 0 Å². The molecule has 31 heavy (non-hydrogen) atoms. The first-order valence-electron chi connectivity index (χ1n) is 9.12. The predicted octanol–water partition coefficient (Wildman–Crippen LogP) is 3.59. The van der Waals surface area contributed by atoms with E-state index in [9.17, 15) is 25.0 Å². The lowest BCUT2D eigenvalue weighted by Crippen LogP contribution is -2.43. The molecule has 1 N–H and O–H groups in total. The number of furan rings is 1. The van der Waals surface area contributed by atoms with Crippen LogP contribution in [0.15, 0.2) is 55.9 Å². The molecule has 10 heteroatoms. The lowest BCUT2D eigenvalue weighted by Gasteiger charge is -2.27. The highest BCUT2D eigenvalue weighted by atomic mass is 79.9. The average molecular weight is 486 g/mol. The number of nitrogens with zero attached hydrogens (tertiary/aromatic N) is 3. The van der Waals surface area contributed by atoms with Crippen molar-refractivity contribution >= 4 is 39.5 Å². The molecule has 0 aliphatic carbocycles. The molecular formula is C21H16BrN3O6. The normalized spacial score (nSPS) is 15.5. The maximum absolute atomic E-state index is 12.8. The van der Waals surface area contributed by atoms with Crippen molar-refractivity contribution in [2.24, 2.45) is 0 Å². The highest BCUT2D eigenvalue weighted by Gasteiger charge is 2.35. The molecule has 0 bridgehead atoms. The molecule has 0 radical (unpaired) electrons. The van der Waals surface area contributed by atoms with Gasteiger partial charge < -0.3 is 9.52 Å². The summed E-state index contributed by atoms with van der Waals surface area (Å²) in [6.07, 6.45) is 1.64. The van der Waals surface area contributed by atoms with E-state index in [-0.39, 0.29) is 42.0 Å². The van der Waals surface area contributed by atoms with Gasteiger partial charge in [0.25, 0.3) is 17.5 Å². The van der Waals surface area contributed by atoms with Crippen LogP contribution in [0.2, 0.25) is 0 Å². The summed E-state index contributed by atoms with van der Waals surface area (Å²) in [6.45, 7) is 1.30. The summed E-state index contributed by atoms with van der Waals surface area (Å²) in [7, 11) is 0. The van der Waals surface area contributed by atoms with E-state index in [0.717, 1.165) is 4.90 Å². The van der Waals surface area contributed by atoms with Crippen molar-refractivity contribution in [3.8, 4) is 17.4 Å². The van der Waals surface area contributed by atoms with Gasteiger partial charge in [0.05, 0.1) is 4.92 Å². The summed E-state index contributed by atoms with van der Waals surface area (Å²) in [5.41, 5.74) is 0.739. The van der Waals surface area contributed by atoms with Gasteiger partial charge in [-0.05, 0) is 59.1 Å². The molecule has 0 atom stereocenters. The molecule has 1 aliphatic rings. The smallest absolute Gasteiger partial charge is 0.271 e. The van der Waals surface area contributed by atoms with Crippen molar-refractivity contribution in [2.75, 3.05) is 13.2 Å². The number of benzene rings is 1. The fourth-order valence-electron chi connectivity index (χ4n) is 3.10. The van der Waals surface area contributed by atoms with Gasteiger partial charge in [0.1, 0.15) is 23.2 Å². The van der Waals surface area contributed by atoms with Gasteiger partial charge >= 0.3 is 0 Å². The van der Waals surface area contributed by atoms with Crippen LogP contribution in [0, 0.1) is 21.4 Å². The molecule has 0 spiro atoms.